The second-order valence-electron chi connectivity index (χ2n) is 4.65. The largest absolute Gasteiger partial charge is 0.496 e. The lowest BCUT2D eigenvalue weighted by Gasteiger charge is -2.17. The zero-order valence-electron chi connectivity index (χ0n) is 12.5. The molecule has 0 fully saturated rings. The molecule has 1 atom stereocenters. The average molecular weight is 373 g/mol. The molecule has 0 spiro atoms. The van der Waals surface area contributed by atoms with Gasteiger partial charge in [0.25, 0.3) is 0 Å². The predicted octanol–water partition coefficient (Wildman–Crippen LogP) is 3.05. The topological polar surface area (TPSA) is 65.1 Å². The van der Waals surface area contributed by atoms with Gasteiger partial charge in [-0.05, 0) is 40.7 Å². The summed E-state index contributed by atoms with van der Waals surface area (Å²) in [4.78, 5) is 1.11. The van der Waals surface area contributed by atoms with Crippen molar-refractivity contribution in [2.75, 3.05) is 7.11 Å². The smallest absolute Gasteiger partial charge is 0.134 e. The van der Waals surface area contributed by atoms with Crippen LogP contribution in [0.15, 0.2) is 15.9 Å². The fourth-order valence-electron chi connectivity index (χ4n) is 2.36. The second kappa shape index (κ2) is 7.40. The van der Waals surface area contributed by atoms with E-state index in [1.807, 2.05) is 16.1 Å². The van der Waals surface area contributed by atoms with Crippen molar-refractivity contribution in [2.24, 2.45) is 5.84 Å². The van der Waals surface area contributed by atoms with Crippen LogP contribution in [0.5, 0.6) is 5.75 Å². The molecule has 0 aliphatic heterocycles. The van der Waals surface area contributed by atoms with Gasteiger partial charge in [-0.3, -0.25) is 16.0 Å². The van der Waals surface area contributed by atoms with Crippen LogP contribution in [-0.2, 0) is 19.4 Å². The van der Waals surface area contributed by atoms with Crippen molar-refractivity contribution in [1.82, 2.24) is 15.2 Å². The SMILES string of the molecule is CCc1nn(CC)c(CC(NN)c2sccc2OC)c1Br. The molecule has 2 rings (SSSR count). The van der Waals surface area contributed by atoms with Crippen LogP contribution < -0.4 is 16.0 Å². The summed E-state index contributed by atoms with van der Waals surface area (Å²) in [5.74, 6) is 6.65. The van der Waals surface area contributed by atoms with Crippen molar-refractivity contribution in [3.8, 4) is 5.75 Å². The van der Waals surface area contributed by atoms with E-state index in [4.69, 9.17) is 10.6 Å². The summed E-state index contributed by atoms with van der Waals surface area (Å²) in [6.45, 7) is 5.05. The van der Waals surface area contributed by atoms with Crippen LogP contribution >= 0.6 is 27.3 Å². The summed E-state index contributed by atoms with van der Waals surface area (Å²) in [6.07, 6.45) is 1.67. The highest BCUT2D eigenvalue weighted by Gasteiger charge is 2.22. The first-order valence-corrected chi connectivity index (χ1v) is 8.64. The van der Waals surface area contributed by atoms with Gasteiger partial charge in [0.05, 0.1) is 33.9 Å². The number of nitrogens with one attached hydrogen (secondary N) is 1. The fraction of sp³-hybridized carbons (Fsp3) is 0.500. The molecule has 0 aliphatic rings. The van der Waals surface area contributed by atoms with Gasteiger partial charge in [0.15, 0.2) is 0 Å². The van der Waals surface area contributed by atoms with Gasteiger partial charge < -0.3 is 4.74 Å². The Labute approximate surface area is 137 Å². The van der Waals surface area contributed by atoms with Crippen LogP contribution in [0.25, 0.3) is 0 Å². The molecule has 0 aromatic carbocycles. The van der Waals surface area contributed by atoms with Crippen LogP contribution in [0, 0.1) is 0 Å². The number of aromatic nitrogens is 2. The molecule has 3 N–H and O–H groups in total. The van der Waals surface area contributed by atoms with Crippen molar-refractivity contribution in [3.63, 3.8) is 0 Å². The van der Waals surface area contributed by atoms with Crippen LogP contribution in [0.4, 0.5) is 0 Å². The maximum atomic E-state index is 5.77. The van der Waals surface area contributed by atoms with E-state index >= 15 is 0 Å². The Hall–Kier alpha value is -0.890. The number of hydrazine groups is 1. The summed E-state index contributed by atoms with van der Waals surface area (Å²) < 4.78 is 8.52. The van der Waals surface area contributed by atoms with Crippen LogP contribution in [-0.4, -0.2) is 16.9 Å². The van der Waals surface area contributed by atoms with Crippen LogP contribution in [0.1, 0.15) is 36.2 Å². The molecule has 5 nitrogen and oxygen atoms in total. The van der Waals surface area contributed by atoms with E-state index in [1.165, 1.54) is 0 Å². The monoisotopic (exact) mass is 372 g/mol. The zero-order valence-corrected chi connectivity index (χ0v) is 14.9. The zero-order chi connectivity index (χ0) is 15.4. The molecule has 0 radical (unpaired) electrons. The number of ether oxygens (including phenoxy) is 1. The Morgan fingerprint density at radius 1 is 1.52 bits per heavy atom. The minimum atomic E-state index is 0.00274. The predicted molar refractivity (Wildman–Crippen MR) is 89.6 cm³/mol. The number of aryl methyl sites for hydroxylation is 2. The van der Waals surface area contributed by atoms with E-state index in [1.54, 1.807) is 18.4 Å². The number of hydrogen-bond donors (Lipinski definition) is 2. The number of thiophene rings is 1. The van der Waals surface area contributed by atoms with Crippen molar-refractivity contribution >= 4 is 27.3 Å². The number of nitrogens with two attached hydrogens (primary N) is 1. The maximum absolute atomic E-state index is 5.77. The van der Waals surface area contributed by atoms with E-state index in [0.29, 0.717) is 0 Å². The Morgan fingerprint density at radius 3 is 2.86 bits per heavy atom. The molecular weight excluding hydrogens is 352 g/mol. The number of halogens is 1. The number of hydrogen-bond acceptors (Lipinski definition) is 5. The van der Waals surface area contributed by atoms with Gasteiger partial charge >= 0.3 is 0 Å². The molecule has 0 amide bonds. The van der Waals surface area contributed by atoms with Gasteiger partial charge in [-0.2, -0.15) is 5.10 Å². The Kier molecular flexibility index (Phi) is 5.80. The molecule has 0 aliphatic carbocycles. The lowest BCUT2D eigenvalue weighted by Crippen LogP contribution is -2.30. The summed E-state index contributed by atoms with van der Waals surface area (Å²) >= 11 is 5.33. The van der Waals surface area contributed by atoms with E-state index in [-0.39, 0.29) is 6.04 Å². The molecule has 21 heavy (non-hydrogen) atoms. The first-order chi connectivity index (χ1) is 10.2. The molecule has 7 heteroatoms. The minimum Gasteiger partial charge on any atom is -0.496 e. The fourth-order valence-corrected chi connectivity index (χ4v) is 4.01. The average Bonchev–Trinajstić information content (AvgIpc) is 3.09. The highest BCUT2D eigenvalue weighted by Crippen LogP contribution is 2.34. The summed E-state index contributed by atoms with van der Waals surface area (Å²) in [7, 11) is 1.68. The first-order valence-electron chi connectivity index (χ1n) is 6.97. The standard InChI is InChI=1S/C14H21BrN4OS/c1-4-9-13(15)11(19(5-2)18-9)8-10(17-16)14-12(20-3)6-7-21-14/h6-7,10,17H,4-5,8,16H2,1-3H3. The van der Waals surface area contributed by atoms with Crippen LogP contribution in [0.3, 0.4) is 0 Å². The highest BCUT2D eigenvalue weighted by atomic mass is 79.9. The Morgan fingerprint density at radius 2 is 2.29 bits per heavy atom. The summed E-state index contributed by atoms with van der Waals surface area (Å²) in [6, 6.07) is 1.97. The van der Waals surface area contributed by atoms with E-state index in [9.17, 15) is 0 Å². The second-order valence-corrected chi connectivity index (χ2v) is 6.39. The summed E-state index contributed by atoms with van der Waals surface area (Å²) in [5.41, 5.74) is 5.15. The molecule has 116 valence electrons. The quantitative estimate of drug-likeness (QED) is 0.578. The number of methoxy groups -OCH3 is 1. The van der Waals surface area contributed by atoms with Gasteiger partial charge in [-0.1, -0.05) is 6.92 Å². The molecule has 0 bridgehead atoms. The molecule has 1 unspecified atom stereocenters. The third kappa shape index (κ3) is 3.31. The third-order valence-electron chi connectivity index (χ3n) is 3.49. The molecule has 2 aromatic rings. The van der Waals surface area contributed by atoms with Gasteiger partial charge in [0.1, 0.15) is 5.75 Å². The third-order valence-corrected chi connectivity index (χ3v) is 5.41. The molecule has 2 aromatic heterocycles. The maximum Gasteiger partial charge on any atom is 0.134 e. The van der Waals surface area contributed by atoms with E-state index in [2.05, 4.69) is 40.3 Å². The molecule has 0 saturated heterocycles. The van der Waals surface area contributed by atoms with Gasteiger partial charge in [0.2, 0.25) is 0 Å². The van der Waals surface area contributed by atoms with E-state index < -0.39 is 0 Å². The van der Waals surface area contributed by atoms with Crippen molar-refractivity contribution < 1.29 is 4.74 Å². The minimum absolute atomic E-state index is 0.00274. The van der Waals surface area contributed by atoms with Gasteiger partial charge in [0, 0.05) is 13.0 Å². The lowest BCUT2D eigenvalue weighted by atomic mass is 10.1. The van der Waals surface area contributed by atoms with Gasteiger partial charge in [-0.15, -0.1) is 11.3 Å². The molecule has 2 heterocycles. The normalized spacial score (nSPS) is 12.6. The highest BCUT2D eigenvalue weighted by molar-refractivity contribution is 9.10. The van der Waals surface area contributed by atoms with Crippen molar-refractivity contribution in [2.45, 2.75) is 39.3 Å². The molecular formula is C14H21BrN4OS. The van der Waals surface area contributed by atoms with Crippen LogP contribution in [0.2, 0.25) is 0 Å². The van der Waals surface area contributed by atoms with Gasteiger partial charge in [-0.25, -0.2) is 0 Å². The summed E-state index contributed by atoms with van der Waals surface area (Å²) in [5, 5.41) is 6.65. The van der Waals surface area contributed by atoms with E-state index in [0.717, 1.165) is 45.9 Å². The molecule has 0 saturated carbocycles. The Balaban J connectivity index is 2.33. The lowest BCUT2D eigenvalue weighted by molar-refractivity contribution is 0.402. The Bertz CT molecular complexity index is 596. The number of rotatable bonds is 7. The van der Waals surface area contributed by atoms with Crippen molar-refractivity contribution in [3.05, 3.63) is 32.2 Å². The number of nitrogens with zero attached hydrogens (tertiary/aromatic N) is 2. The van der Waals surface area contributed by atoms with Crippen molar-refractivity contribution in [1.29, 1.82) is 0 Å². The first kappa shape index (κ1) is 16.5.